The Morgan fingerprint density at radius 1 is 1.19 bits per heavy atom. The Labute approximate surface area is 168 Å². The minimum atomic E-state index is -0.00246. The van der Waals surface area contributed by atoms with E-state index in [0.717, 1.165) is 58.1 Å². The van der Waals surface area contributed by atoms with Crippen LogP contribution in [0.1, 0.15) is 49.9 Å². The SMILES string of the molecule is CCCc1nc2sc3c(NC(CC)CO)nc(SC)nc3c2c2c1CCC2. The standard InChI is InChI=1S/C20H26N4OS2/c1-4-7-14-12-8-6-9-13(12)15-16-17(27-19(15)22-14)18(21-11(5-2)10-25)24-20(23-16)26-3/h11,25H,4-10H2,1-3H3,(H,21,23,24). The van der Waals surface area contributed by atoms with Crippen LogP contribution >= 0.6 is 23.1 Å². The molecule has 0 saturated heterocycles. The number of thiophene rings is 1. The number of hydrogen-bond acceptors (Lipinski definition) is 7. The molecule has 27 heavy (non-hydrogen) atoms. The van der Waals surface area contributed by atoms with Crippen molar-refractivity contribution in [3.05, 3.63) is 16.8 Å². The van der Waals surface area contributed by atoms with Gasteiger partial charge in [0.05, 0.1) is 22.9 Å². The molecule has 1 aliphatic carbocycles. The van der Waals surface area contributed by atoms with Crippen molar-refractivity contribution < 1.29 is 5.11 Å². The topological polar surface area (TPSA) is 70.9 Å². The van der Waals surface area contributed by atoms with Crippen molar-refractivity contribution in [1.82, 2.24) is 15.0 Å². The smallest absolute Gasteiger partial charge is 0.189 e. The number of anilines is 1. The molecule has 3 heterocycles. The average Bonchev–Trinajstić information content (AvgIpc) is 3.30. The molecule has 2 N–H and O–H groups in total. The van der Waals surface area contributed by atoms with E-state index in [4.69, 9.17) is 15.0 Å². The van der Waals surface area contributed by atoms with Gasteiger partial charge < -0.3 is 10.4 Å². The van der Waals surface area contributed by atoms with Gasteiger partial charge in [-0.15, -0.1) is 11.3 Å². The predicted molar refractivity (Wildman–Crippen MR) is 115 cm³/mol. The number of aryl methyl sites for hydroxylation is 2. The molecular weight excluding hydrogens is 376 g/mol. The zero-order valence-corrected chi connectivity index (χ0v) is 17.8. The van der Waals surface area contributed by atoms with Crippen LogP contribution in [-0.2, 0) is 19.3 Å². The molecular formula is C20H26N4OS2. The second-order valence-corrected chi connectivity index (χ2v) is 8.84. The van der Waals surface area contributed by atoms with E-state index in [1.165, 1.54) is 28.6 Å². The lowest BCUT2D eigenvalue weighted by atomic mass is 10.0. The summed E-state index contributed by atoms with van der Waals surface area (Å²) in [5.74, 6) is 0.831. The number of aliphatic hydroxyl groups excluding tert-OH is 1. The molecule has 0 aromatic carbocycles. The maximum atomic E-state index is 9.63. The van der Waals surface area contributed by atoms with Gasteiger partial charge in [0.1, 0.15) is 10.6 Å². The summed E-state index contributed by atoms with van der Waals surface area (Å²) in [6, 6.07) is -0.00246. The lowest BCUT2D eigenvalue weighted by molar-refractivity contribution is 0.271. The molecule has 0 amide bonds. The molecule has 144 valence electrons. The Hall–Kier alpha value is -1.44. The van der Waals surface area contributed by atoms with E-state index in [1.807, 2.05) is 6.26 Å². The van der Waals surface area contributed by atoms with E-state index >= 15 is 0 Å². The Morgan fingerprint density at radius 2 is 2.00 bits per heavy atom. The van der Waals surface area contributed by atoms with E-state index in [-0.39, 0.29) is 12.6 Å². The van der Waals surface area contributed by atoms with Gasteiger partial charge in [0.2, 0.25) is 0 Å². The summed E-state index contributed by atoms with van der Waals surface area (Å²) in [6.45, 7) is 4.38. The van der Waals surface area contributed by atoms with Gasteiger partial charge in [0.15, 0.2) is 5.16 Å². The summed E-state index contributed by atoms with van der Waals surface area (Å²) >= 11 is 3.24. The predicted octanol–water partition coefficient (Wildman–Crippen LogP) is 4.59. The molecule has 0 bridgehead atoms. The molecule has 0 radical (unpaired) electrons. The third-order valence-electron chi connectivity index (χ3n) is 5.32. The normalized spacial score (nSPS) is 14.8. The average molecular weight is 403 g/mol. The maximum Gasteiger partial charge on any atom is 0.189 e. The lowest BCUT2D eigenvalue weighted by Gasteiger charge is -2.15. The second-order valence-electron chi connectivity index (χ2n) is 7.07. The zero-order valence-electron chi connectivity index (χ0n) is 16.1. The fraction of sp³-hybridized carbons (Fsp3) is 0.550. The maximum absolute atomic E-state index is 9.63. The molecule has 0 spiro atoms. The van der Waals surface area contributed by atoms with Crippen molar-refractivity contribution in [1.29, 1.82) is 0 Å². The number of hydrogen-bond donors (Lipinski definition) is 2. The van der Waals surface area contributed by atoms with Gasteiger partial charge >= 0.3 is 0 Å². The van der Waals surface area contributed by atoms with Gasteiger partial charge in [-0.25, -0.2) is 15.0 Å². The van der Waals surface area contributed by atoms with E-state index < -0.39 is 0 Å². The first-order valence-electron chi connectivity index (χ1n) is 9.76. The highest BCUT2D eigenvalue weighted by Crippen LogP contribution is 2.42. The summed E-state index contributed by atoms with van der Waals surface area (Å²) in [4.78, 5) is 15.7. The van der Waals surface area contributed by atoms with Crippen LogP contribution in [-0.4, -0.2) is 39.0 Å². The number of aromatic nitrogens is 3. The molecule has 1 aliphatic rings. The summed E-state index contributed by atoms with van der Waals surface area (Å²) in [5, 5.41) is 15.1. The van der Waals surface area contributed by atoms with Crippen LogP contribution in [0.25, 0.3) is 20.4 Å². The van der Waals surface area contributed by atoms with Crippen molar-refractivity contribution in [2.45, 2.75) is 63.6 Å². The van der Waals surface area contributed by atoms with E-state index in [0.29, 0.717) is 0 Å². The van der Waals surface area contributed by atoms with E-state index in [1.54, 1.807) is 23.1 Å². The molecule has 1 atom stereocenters. The van der Waals surface area contributed by atoms with Crippen LogP contribution in [0.15, 0.2) is 5.16 Å². The number of nitrogens with one attached hydrogen (secondary N) is 1. The summed E-state index contributed by atoms with van der Waals surface area (Å²) in [5.41, 5.74) is 5.22. The summed E-state index contributed by atoms with van der Waals surface area (Å²) < 4.78 is 1.06. The monoisotopic (exact) mass is 402 g/mol. The minimum absolute atomic E-state index is 0.00246. The Balaban J connectivity index is 1.98. The Kier molecular flexibility index (Phi) is 5.53. The van der Waals surface area contributed by atoms with Crippen LogP contribution in [0.2, 0.25) is 0 Å². The number of nitrogens with zero attached hydrogens (tertiary/aromatic N) is 3. The second kappa shape index (κ2) is 7.89. The molecule has 0 aliphatic heterocycles. The Morgan fingerprint density at radius 3 is 2.70 bits per heavy atom. The molecule has 3 aromatic rings. The van der Waals surface area contributed by atoms with Crippen molar-refractivity contribution in [2.24, 2.45) is 0 Å². The number of fused-ring (bicyclic) bond motifs is 5. The first-order valence-corrected chi connectivity index (χ1v) is 11.8. The van der Waals surface area contributed by atoms with Crippen LogP contribution in [0.4, 0.5) is 5.82 Å². The largest absolute Gasteiger partial charge is 0.394 e. The molecule has 3 aromatic heterocycles. The van der Waals surface area contributed by atoms with Gasteiger partial charge in [0.25, 0.3) is 0 Å². The minimum Gasteiger partial charge on any atom is -0.394 e. The zero-order chi connectivity index (χ0) is 19.0. The van der Waals surface area contributed by atoms with Crippen LogP contribution in [0.5, 0.6) is 0 Å². The quantitative estimate of drug-likeness (QED) is 0.445. The third kappa shape index (κ3) is 3.30. The van der Waals surface area contributed by atoms with Crippen molar-refractivity contribution in [2.75, 3.05) is 18.2 Å². The van der Waals surface area contributed by atoms with Crippen molar-refractivity contribution in [3.63, 3.8) is 0 Å². The van der Waals surface area contributed by atoms with Gasteiger partial charge in [-0.2, -0.15) is 0 Å². The number of aliphatic hydroxyl groups is 1. The molecule has 5 nitrogen and oxygen atoms in total. The molecule has 1 unspecified atom stereocenters. The van der Waals surface area contributed by atoms with Gasteiger partial charge in [-0.05, 0) is 49.5 Å². The molecule has 0 saturated carbocycles. The molecule has 0 fully saturated rings. The van der Waals surface area contributed by atoms with Crippen LogP contribution < -0.4 is 5.32 Å². The third-order valence-corrected chi connectivity index (χ3v) is 6.95. The molecule has 7 heteroatoms. The summed E-state index contributed by atoms with van der Waals surface area (Å²) in [7, 11) is 0. The number of pyridine rings is 1. The van der Waals surface area contributed by atoms with Gasteiger partial charge in [-0.1, -0.05) is 32.0 Å². The van der Waals surface area contributed by atoms with Gasteiger partial charge in [0, 0.05) is 11.1 Å². The van der Waals surface area contributed by atoms with Gasteiger partial charge in [-0.3, -0.25) is 0 Å². The highest BCUT2D eigenvalue weighted by molar-refractivity contribution is 7.98. The summed E-state index contributed by atoms with van der Waals surface area (Å²) in [6.07, 6.45) is 8.47. The van der Waals surface area contributed by atoms with Crippen LogP contribution in [0, 0.1) is 0 Å². The van der Waals surface area contributed by atoms with E-state index in [9.17, 15) is 5.11 Å². The Bertz CT molecular complexity index is 981. The highest BCUT2D eigenvalue weighted by Gasteiger charge is 2.25. The first-order chi connectivity index (χ1) is 13.2. The van der Waals surface area contributed by atoms with Crippen molar-refractivity contribution in [3.8, 4) is 0 Å². The molecule has 4 rings (SSSR count). The highest BCUT2D eigenvalue weighted by atomic mass is 32.2. The number of thioether (sulfide) groups is 1. The first kappa shape index (κ1) is 18.9. The fourth-order valence-corrected chi connectivity index (χ4v) is 5.41. The fourth-order valence-electron chi connectivity index (χ4n) is 3.93. The van der Waals surface area contributed by atoms with Crippen molar-refractivity contribution >= 4 is 49.3 Å². The van der Waals surface area contributed by atoms with Crippen LogP contribution in [0.3, 0.4) is 0 Å². The van der Waals surface area contributed by atoms with E-state index in [2.05, 4.69) is 19.2 Å². The lowest BCUT2D eigenvalue weighted by Crippen LogP contribution is -2.23. The number of rotatable bonds is 7.